The molecular formula is C13H17N3O2. The molecule has 18 heavy (non-hydrogen) atoms. The van der Waals surface area contributed by atoms with Crippen LogP contribution in [0.15, 0.2) is 24.5 Å². The van der Waals surface area contributed by atoms with Crippen LogP contribution in [0.25, 0.3) is 5.52 Å². The number of ether oxygens (including phenoxy) is 1. The van der Waals surface area contributed by atoms with Crippen molar-refractivity contribution in [2.24, 2.45) is 0 Å². The molecule has 96 valence electrons. The maximum absolute atomic E-state index is 9.37. The number of fused-ring (bicyclic) bond motifs is 1. The summed E-state index contributed by atoms with van der Waals surface area (Å²) in [5.74, 6) is 0. The Bertz CT molecular complexity index is 532. The number of aromatic nitrogens is 2. The van der Waals surface area contributed by atoms with Crippen LogP contribution in [-0.2, 0) is 17.9 Å². The third kappa shape index (κ3) is 2.12. The number of aliphatic hydroxyl groups is 1. The van der Waals surface area contributed by atoms with Gasteiger partial charge in [-0.3, -0.25) is 4.90 Å². The van der Waals surface area contributed by atoms with Gasteiger partial charge < -0.3 is 9.84 Å². The Hall–Kier alpha value is -1.43. The summed E-state index contributed by atoms with van der Waals surface area (Å²) in [6.45, 7) is 4.44. The monoisotopic (exact) mass is 247 g/mol. The molecule has 0 spiro atoms. The summed E-state index contributed by atoms with van der Waals surface area (Å²) in [6.07, 6.45) is 3.65. The second kappa shape index (κ2) is 5.06. The first-order valence-corrected chi connectivity index (χ1v) is 6.23. The molecule has 3 rings (SSSR count). The zero-order valence-corrected chi connectivity index (χ0v) is 10.2. The number of hydrogen-bond donors (Lipinski definition) is 1. The van der Waals surface area contributed by atoms with E-state index in [0.717, 1.165) is 43.9 Å². The molecule has 2 aromatic heterocycles. The van der Waals surface area contributed by atoms with Crippen LogP contribution in [0.2, 0.25) is 0 Å². The summed E-state index contributed by atoms with van der Waals surface area (Å²) in [5, 5.41) is 13.6. The zero-order valence-electron chi connectivity index (χ0n) is 10.2. The van der Waals surface area contributed by atoms with Gasteiger partial charge in [0.05, 0.1) is 31.5 Å². The second-order valence-corrected chi connectivity index (χ2v) is 4.54. The van der Waals surface area contributed by atoms with Crippen LogP contribution < -0.4 is 0 Å². The van der Waals surface area contributed by atoms with Crippen molar-refractivity contribution in [2.45, 2.75) is 13.2 Å². The molecule has 1 fully saturated rings. The first-order chi connectivity index (χ1) is 8.88. The number of nitrogens with zero attached hydrogens (tertiary/aromatic N) is 3. The molecule has 0 unspecified atom stereocenters. The fraction of sp³-hybridized carbons (Fsp3) is 0.462. The van der Waals surface area contributed by atoms with Crippen LogP contribution in [0.5, 0.6) is 0 Å². The van der Waals surface area contributed by atoms with E-state index in [1.165, 1.54) is 5.56 Å². The van der Waals surface area contributed by atoms with E-state index in [-0.39, 0.29) is 6.61 Å². The lowest BCUT2D eigenvalue weighted by atomic mass is 10.1. The Kier molecular flexibility index (Phi) is 3.27. The van der Waals surface area contributed by atoms with Crippen LogP contribution in [-0.4, -0.2) is 45.9 Å². The average Bonchev–Trinajstić information content (AvgIpc) is 2.84. The summed E-state index contributed by atoms with van der Waals surface area (Å²) in [6, 6.07) is 4.10. The van der Waals surface area contributed by atoms with Gasteiger partial charge in [-0.15, -0.1) is 0 Å². The van der Waals surface area contributed by atoms with Crippen molar-refractivity contribution in [3.8, 4) is 0 Å². The molecule has 1 aliphatic heterocycles. The number of pyridine rings is 1. The number of aliphatic hydroxyl groups excluding tert-OH is 1. The van der Waals surface area contributed by atoms with Gasteiger partial charge in [-0.05, 0) is 11.6 Å². The lowest BCUT2D eigenvalue weighted by Gasteiger charge is -2.26. The Balaban J connectivity index is 1.92. The Morgan fingerprint density at radius 2 is 2.11 bits per heavy atom. The molecule has 0 atom stereocenters. The molecule has 0 amide bonds. The highest BCUT2D eigenvalue weighted by molar-refractivity contribution is 5.60. The molecule has 2 aromatic rings. The Labute approximate surface area is 106 Å². The molecule has 0 saturated carbocycles. The van der Waals surface area contributed by atoms with Gasteiger partial charge in [-0.1, -0.05) is 6.07 Å². The predicted octanol–water partition coefficient (Wildman–Crippen LogP) is 0.659. The molecule has 0 aromatic carbocycles. The van der Waals surface area contributed by atoms with E-state index in [9.17, 15) is 5.11 Å². The van der Waals surface area contributed by atoms with Gasteiger partial charge in [-0.2, -0.15) is 5.10 Å². The Morgan fingerprint density at radius 1 is 1.28 bits per heavy atom. The van der Waals surface area contributed by atoms with E-state index < -0.39 is 0 Å². The van der Waals surface area contributed by atoms with Gasteiger partial charge in [0.1, 0.15) is 0 Å². The van der Waals surface area contributed by atoms with Crippen LogP contribution in [0, 0.1) is 0 Å². The fourth-order valence-electron chi connectivity index (χ4n) is 2.43. The van der Waals surface area contributed by atoms with Crippen molar-refractivity contribution in [3.05, 3.63) is 35.7 Å². The van der Waals surface area contributed by atoms with Gasteiger partial charge in [0.2, 0.25) is 0 Å². The van der Waals surface area contributed by atoms with E-state index in [2.05, 4.69) is 16.1 Å². The molecule has 0 aliphatic carbocycles. The van der Waals surface area contributed by atoms with Gasteiger partial charge in [0, 0.05) is 31.4 Å². The van der Waals surface area contributed by atoms with E-state index in [0.29, 0.717) is 0 Å². The topological polar surface area (TPSA) is 50.0 Å². The molecule has 5 nitrogen and oxygen atoms in total. The third-order valence-corrected chi connectivity index (χ3v) is 3.37. The molecular weight excluding hydrogens is 230 g/mol. The van der Waals surface area contributed by atoms with Crippen molar-refractivity contribution in [1.29, 1.82) is 0 Å². The van der Waals surface area contributed by atoms with Gasteiger partial charge in [-0.25, -0.2) is 4.52 Å². The lowest BCUT2D eigenvalue weighted by Crippen LogP contribution is -2.35. The largest absolute Gasteiger partial charge is 0.392 e. The first-order valence-electron chi connectivity index (χ1n) is 6.23. The summed E-state index contributed by atoms with van der Waals surface area (Å²) in [7, 11) is 0. The number of hydrogen-bond acceptors (Lipinski definition) is 4. The summed E-state index contributed by atoms with van der Waals surface area (Å²) in [5.41, 5.74) is 3.13. The van der Waals surface area contributed by atoms with E-state index in [1.54, 1.807) is 6.20 Å². The lowest BCUT2D eigenvalue weighted by molar-refractivity contribution is 0.0343. The van der Waals surface area contributed by atoms with Crippen molar-refractivity contribution in [2.75, 3.05) is 26.3 Å². The Morgan fingerprint density at radius 3 is 2.89 bits per heavy atom. The number of rotatable bonds is 3. The van der Waals surface area contributed by atoms with Crippen molar-refractivity contribution < 1.29 is 9.84 Å². The summed E-state index contributed by atoms with van der Waals surface area (Å²) >= 11 is 0. The van der Waals surface area contributed by atoms with E-state index in [1.807, 2.05) is 16.8 Å². The molecule has 1 N–H and O–H groups in total. The molecule has 3 heterocycles. The van der Waals surface area contributed by atoms with Crippen molar-refractivity contribution >= 4 is 5.52 Å². The molecule has 1 aliphatic rings. The fourth-order valence-corrected chi connectivity index (χ4v) is 2.43. The smallest absolute Gasteiger partial charge is 0.0761 e. The molecule has 0 bridgehead atoms. The summed E-state index contributed by atoms with van der Waals surface area (Å²) < 4.78 is 7.19. The SMILES string of the molecule is OCc1cnn2cccc(CN3CCOCC3)c12. The van der Waals surface area contributed by atoms with E-state index >= 15 is 0 Å². The highest BCUT2D eigenvalue weighted by Crippen LogP contribution is 2.18. The standard InChI is InChI=1S/C13H17N3O2/c17-10-12-8-14-16-3-1-2-11(13(12)16)9-15-4-6-18-7-5-15/h1-3,8,17H,4-7,9-10H2. The first kappa shape index (κ1) is 11.6. The number of morpholine rings is 1. The highest BCUT2D eigenvalue weighted by atomic mass is 16.5. The molecule has 1 saturated heterocycles. The minimum absolute atomic E-state index is 0.0314. The minimum atomic E-state index is 0.0314. The van der Waals surface area contributed by atoms with E-state index in [4.69, 9.17) is 4.74 Å². The van der Waals surface area contributed by atoms with Crippen molar-refractivity contribution in [1.82, 2.24) is 14.5 Å². The minimum Gasteiger partial charge on any atom is -0.392 e. The van der Waals surface area contributed by atoms with Crippen LogP contribution in [0.4, 0.5) is 0 Å². The van der Waals surface area contributed by atoms with Crippen molar-refractivity contribution in [3.63, 3.8) is 0 Å². The normalized spacial score (nSPS) is 17.4. The highest BCUT2D eigenvalue weighted by Gasteiger charge is 2.14. The molecule has 0 radical (unpaired) electrons. The third-order valence-electron chi connectivity index (χ3n) is 3.37. The van der Waals surface area contributed by atoms with Crippen LogP contribution in [0.3, 0.4) is 0 Å². The van der Waals surface area contributed by atoms with Crippen LogP contribution in [0.1, 0.15) is 11.1 Å². The predicted molar refractivity (Wildman–Crippen MR) is 67.2 cm³/mol. The maximum Gasteiger partial charge on any atom is 0.0761 e. The summed E-state index contributed by atoms with van der Waals surface area (Å²) in [4.78, 5) is 2.37. The quantitative estimate of drug-likeness (QED) is 0.865. The second-order valence-electron chi connectivity index (χ2n) is 4.54. The molecule has 5 heteroatoms. The average molecular weight is 247 g/mol. The van der Waals surface area contributed by atoms with Gasteiger partial charge in [0.25, 0.3) is 0 Å². The van der Waals surface area contributed by atoms with Crippen LogP contribution >= 0.6 is 0 Å². The maximum atomic E-state index is 9.37. The van der Waals surface area contributed by atoms with Gasteiger partial charge >= 0.3 is 0 Å². The van der Waals surface area contributed by atoms with Gasteiger partial charge in [0.15, 0.2) is 0 Å². The zero-order chi connectivity index (χ0) is 12.4.